The third kappa shape index (κ3) is 4.28. The molecule has 0 bridgehead atoms. The van der Waals surface area contributed by atoms with E-state index < -0.39 is 5.92 Å². The summed E-state index contributed by atoms with van der Waals surface area (Å²) < 4.78 is 12.4. The maximum Gasteiger partial charge on any atom is 0.205 e. The van der Waals surface area contributed by atoms with E-state index in [4.69, 9.17) is 26.8 Å². The number of rotatable bonds is 4. The van der Waals surface area contributed by atoms with Gasteiger partial charge in [-0.3, -0.25) is 4.79 Å². The molecule has 164 valence electrons. The fourth-order valence-corrected chi connectivity index (χ4v) is 4.90. The fraction of sp³-hybridized carbons (Fsp3) is 0.280. The number of carbonyl (C=O) groups excluding carboxylic acids is 1. The summed E-state index contributed by atoms with van der Waals surface area (Å²) in [6.07, 6.45) is 0.981. The quantitative estimate of drug-likeness (QED) is 0.531. The number of benzene rings is 2. The van der Waals surface area contributed by atoms with Gasteiger partial charge in [0, 0.05) is 29.0 Å². The third-order valence-corrected chi connectivity index (χ3v) is 6.69. The van der Waals surface area contributed by atoms with Crippen LogP contribution in [-0.2, 0) is 16.1 Å². The Balaban J connectivity index is 1.68. The van der Waals surface area contributed by atoms with Crippen molar-refractivity contribution in [2.45, 2.75) is 39.2 Å². The molecule has 2 N–H and O–H groups in total. The molecule has 2 aliphatic rings. The first-order chi connectivity index (χ1) is 15.2. The SMILES string of the molecule is CC1(C)CC(=O)C2=C(C1)OC(N)=C(C#N)C2c1ccc(OCc2ccccc2Cl)c(Br)c1. The van der Waals surface area contributed by atoms with Crippen molar-refractivity contribution in [2.24, 2.45) is 11.1 Å². The second kappa shape index (κ2) is 8.65. The van der Waals surface area contributed by atoms with E-state index in [2.05, 4.69) is 22.0 Å². The van der Waals surface area contributed by atoms with Crippen molar-refractivity contribution in [3.8, 4) is 11.8 Å². The largest absolute Gasteiger partial charge is 0.488 e. The number of ketones is 1. The normalized spacial score (nSPS) is 19.8. The smallest absolute Gasteiger partial charge is 0.205 e. The van der Waals surface area contributed by atoms with Gasteiger partial charge in [-0.1, -0.05) is 49.7 Å². The number of Topliss-reactive ketones (excluding diaryl/α,β-unsaturated/α-hetero) is 1. The molecule has 1 aliphatic heterocycles. The van der Waals surface area contributed by atoms with Crippen LogP contribution in [0, 0.1) is 16.7 Å². The summed E-state index contributed by atoms with van der Waals surface area (Å²) in [5, 5.41) is 10.4. The third-order valence-electron chi connectivity index (χ3n) is 5.71. The van der Waals surface area contributed by atoms with Crippen molar-refractivity contribution >= 4 is 33.3 Å². The molecule has 2 aromatic rings. The molecule has 0 saturated heterocycles. The number of nitrogens with zero attached hydrogens (tertiary/aromatic N) is 1. The molecule has 2 aromatic carbocycles. The van der Waals surface area contributed by atoms with E-state index in [1.54, 1.807) is 0 Å². The first-order valence-corrected chi connectivity index (χ1v) is 11.4. The van der Waals surface area contributed by atoms with Gasteiger partial charge in [0.25, 0.3) is 0 Å². The van der Waals surface area contributed by atoms with Gasteiger partial charge >= 0.3 is 0 Å². The van der Waals surface area contributed by atoms with Crippen molar-refractivity contribution in [3.63, 3.8) is 0 Å². The second-order valence-electron chi connectivity index (χ2n) is 8.77. The number of nitriles is 1. The van der Waals surface area contributed by atoms with Crippen LogP contribution < -0.4 is 10.5 Å². The topological polar surface area (TPSA) is 85.3 Å². The van der Waals surface area contributed by atoms with Crippen LogP contribution in [-0.4, -0.2) is 5.78 Å². The lowest BCUT2D eigenvalue weighted by Gasteiger charge is -2.37. The van der Waals surface area contributed by atoms with Crippen LogP contribution in [0.5, 0.6) is 5.75 Å². The van der Waals surface area contributed by atoms with Gasteiger partial charge < -0.3 is 15.2 Å². The molecule has 0 aromatic heterocycles. The number of hydrogen-bond acceptors (Lipinski definition) is 5. The van der Waals surface area contributed by atoms with Gasteiger partial charge in [0.15, 0.2) is 5.78 Å². The molecule has 1 unspecified atom stereocenters. The van der Waals surface area contributed by atoms with Gasteiger partial charge in [-0.2, -0.15) is 5.26 Å². The maximum atomic E-state index is 13.1. The Kier molecular flexibility index (Phi) is 6.07. The van der Waals surface area contributed by atoms with E-state index in [0.29, 0.717) is 46.0 Å². The number of carbonyl (C=O) groups is 1. The predicted octanol–water partition coefficient (Wildman–Crippen LogP) is 6.13. The molecule has 1 heterocycles. The van der Waals surface area contributed by atoms with Crippen LogP contribution in [0.1, 0.15) is 43.7 Å². The summed E-state index contributed by atoms with van der Waals surface area (Å²) in [5.41, 5.74) is 8.28. The molecular formula is C25H22BrClN2O3. The van der Waals surface area contributed by atoms with Crippen LogP contribution in [0.3, 0.4) is 0 Å². The Labute approximate surface area is 200 Å². The zero-order valence-electron chi connectivity index (χ0n) is 17.7. The fourth-order valence-electron chi connectivity index (χ4n) is 4.20. The molecule has 0 amide bonds. The Hall–Kier alpha value is -2.75. The number of nitrogens with two attached hydrogens (primary N) is 1. The van der Waals surface area contributed by atoms with E-state index in [-0.39, 0.29) is 22.7 Å². The maximum absolute atomic E-state index is 13.1. The van der Waals surface area contributed by atoms with Gasteiger partial charge in [-0.15, -0.1) is 0 Å². The summed E-state index contributed by atoms with van der Waals surface area (Å²) >= 11 is 9.78. The molecule has 0 fully saturated rings. The molecule has 7 heteroatoms. The molecular weight excluding hydrogens is 492 g/mol. The van der Waals surface area contributed by atoms with E-state index >= 15 is 0 Å². The van der Waals surface area contributed by atoms with Gasteiger partial charge in [-0.25, -0.2) is 0 Å². The standard InChI is InChI=1S/C25H22BrClN2O3/c1-25(2)10-19(30)23-21(11-25)32-24(29)16(12-28)22(23)14-7-8-20(17(26)9-14)31-13-15-5-3-4-6-18(15)27/h3-9,22H,10-11,13,29H2,1-2H3. The number of halogens is 2. The minimum atomic E-state index is -0.568. The van der Waals surface area contributed by atoms with E-state index in [1.165, 1.54) is 0 Å². The van der Waals surface area contributed by atoms with Gasteiger partial charge in [0.05, 0.1) is 10.4 Å². The minimum absolute atomic E-state index is 0.0170. The first-order valence-electron chi connectivity index (χ1n) is 10.2. The zero-order chi connectivity index (χ0) is 23.0. The van der Waals surface area contributed by atoms with Crippen LogP contribution in [0.2, 0.25) is 5.02 Å². The minimum Gasteiger partial charge on any atom is -0.488 e. The Bertz CT molecular complexity index is 1210. The average Bonchev–Trinajstić information content (AvgIpc) is 2.72. The molecule has 0 spiro atoms. The number of allylic oxidation sites excluding steroid dienone is 3. The molecule has 1 aliphatic carbocycles. The molecule has 0 radical (unpaired) electrons. The van der Waals surface area contributed by atoms with E-state index in [9.17, 15) is 10.1 Å². The average molecular weight is 514 g/mol. The molecule has 5 nitrogen and oxygen atoms in total. The highest BCUT2D eigenvalue weighted by Gasteiger charge is 2.43. The molecule has 1 atom stereocenters. The van der Waals surface area contributed by atoms with Crippen molar-refractivity contribution in [1.29, 1.82) is 5.26 Å². The predicted molar refractivity (Wildman–Crippen MR) is 126 cm³/mol. The lowest BCUT2D eigenvalue weighted by molar-refractivity contribution is -0.119. The second-order valence-corrected chi connectivity index (χ2v) is 10.0. The van der Waals surface area contributed by atoms with Crippen LogP contribution >= 0.6 is 27.5 Å². The molecule has 4 rings (SSSR count). The van der Waals surface area contributed by atoms with Gasteiger partial charge in [-0.05, 0) is 45.1 Å². The monoisotopic (exact) mass is 512 g/mol. The summed E-state index contributed by atoms with van der Waals surface area (Å²) in [7, 11) is 0. The Morgan fingerprint density at radius 3 is 2.72 bits per heavy atom. The molecule has 32 heavy (non-hydrogen) atoms. The van der Waals surface area contributed by atoms with Crippen molar-refractivity contribution < 1.29 is 14.3 Å². The molecule has 0 saturated carbocycles. The van der Waals surface area contributed by atoms with Gasteiger partial charge in [0.1, 0.15) is 29.8 Å². The lowest BCUT2D eigenvalue weighted by Crippen LogP contribution is -2.33. The summed E-state index contributed by atoms with van der Waals surface area (Å²) in [6.45, 7) is 4.36. The van der Waals surface area contributed by atoms with E-state index in [0.717, 1.165) is 11.1 Å². The van der Waals surface area contributed by atoms with Crippen LogP contribution in [0.15, 0.2) is 69.7 Å². The lowest BCUT2D eigenvalue weighted by atomic mass is 9.70. The summed E-state index contributed by atoms with van der Waals surface area (Å²) in [6, 6.07) is 15.2. The first kappa shape index (κ1) is 22.4. The van der Waals surface area contributed by atoms with Crippen molar-refractivity contribution in [2.75, 3.05) is 0 Å². The van der Waals surface area contributed by atoms with Crippen molar-refractivity contribution in [1.82, 2.24) is 0 Å². The zero-order valence-corrected chi connectivity index (χ0v) is 20.1. The van der Waals surface area contributed by atoms with Gasteiger partial charge in [0.2, 0.25) is 5.88 Å². The Morgan fingerprint density at radius 2 is 2.03 bits per heavy atom. The number of ether oxygens (including phenoxy) is 2. The van der Waals surface area contributed by atoms with Crippen LogP contribution in [0.25, 0.3) is 0 Å². The van der Waals surface area contributed by atoms with Crippen molar-refractivity contribution in [3.05, 3.63) is 85.9 Å². The van der Waals surface area contributed by atoms with Crippen LogP contribution in [0.4, 0.5) is 0 Å². The van der Waals surface area contributed by atoms with E-state index in [1.807, 2.05) is 56.3 Å². The highest BCUT2D eigenvalue weighted by Crippen LogP contribution is 2.48. The Morgan fingerprint density at radius 1 is 1.28 bits per heavy atom. The summed E-state index contributed by atoms with van der Waals surface area (Å²) in [5.74, 6) is 0.652. The highest BCUT2D eigenvalue weighted by atomic mass is 79.9. The summed E-state index contributed by atoms with van der Waals surface area (Å²) in [4.78, 5) is 13.1. The number of hydrogen-bond donors (Lipinski definition) is 1. The highest BCUT2D eigenvalue weighted by molar-refractivity contribution is 9.10.